The number of benzene rings is 1. The van der Waals surface area contributed by atoms with Gasteiger partial charge in [0.15, 0.2) is 0 Å². The first kappa shape index (κ1) is 10.6. The van der Waals surface area contributed by atoms with E-state index in [0.717, 1.165) is 5.69 Å². The molecule has 11 heavy (non-hydrogen) atoms. The number of rotatable bonds is 1. The molecule has 0 heterocycles. The summed E-state index contributed by atoms with van der Waals surface area (Å²) in [5.74, 6) is 0. The number of nitrogens with zero attached hydrogens (tertiary/aromatic N) is 1. The van der Waals surface area contributed by atoms with Crippen LogP contribution in [0.2, 0.25) is 0 Å². The summed E-state index contributed by atoms with van der Waals surface area (Å²) in [4.78, 5) is 0. The van der Waals surface area contributed by atoms with E-state index in [1.807, 2.05) is 7.05 Å². The first-order valence-corrected chi connectivity index (χ1v) is 3.41. The summed E-state index contributed by atoms with van der Waals surface area (Å²) in [6, 6.07) is 6.21. The third-order valence-corrected chi connectivity index (χ3v) is 1.66. The van der Waals surface area contributed by atoms with Crippen LogP contribution in [0.3, 0.4) is 0 Å². The summed E-state index contributed by atoms with van der Waals surface area (Å²) in [5.41, 5.74) is 3.63. The van der Waals surface area contributed by atoms with Crippen molar-refractivity contribution >= 4 is 5.69 Å². The molecule has 0 unspecified atom stereocenters. The van der Waals surface area contributed by atoms with Crippen molar-refractivity contribution in [3.05, 3.63) is 34.6 Å². The topological polar surface area (TPSA) is 14.1 Å². The van der Waals surface area contributed by atoms with E-state index in [0.29, 0.717) is 0 Å². The first-order chi connectivity index (χ1) is 4.75. The van der Waals surface area contributed by atoms with Gasteiger partial charge in [0, 0.05) is 0 Å². The molecule has 0 aromatic heterocycles. The fourth-order valence-corrected chi connectivity index (χ4v) is 1.16. The van der Waals surface area contributed by atoms with Gasteiger partial charge < -0.3 is 5.32 Å². The van der Waals surface area contributed by atoms with E-state index < -0.39 is 0 Å². The van der Waals surface area contributed by atoms with Crippen molar-refractivity contribution in [3.63, 3.8) is 0 Å². The van der Waals surface area contributed by atoms with Crippen molar-refractivity contribution in [1.29, 1.82) is 0 Å². The Morgan fingerprint density at radius 3 is 1.82 bits per heavy atom. The van der Waals surface area contributed by atoms with E-state index in [2.05, 4.69) is 37.4 Å². The molecule has 0 spiro atoms. The van der Waals surface area contributed by atoms with Crippen LogP contribution >= 0.6 is 0 Å². The molecule has 1 rings (SSSR count). The van der Waals surface area contributed by atoms with Gasteiger partial charge in [-0.15, -0.1) is 12.7 Å². The van der Waals surface area contributed by atoms with Gasteiger partial charge in [0.05, 0.1) is 0 Å². The number of aryl methyl sites for hydroxylation is 2. The fourth-order valence-electron chi connectivity index (χ4n) is 1.16. The zero-order valence-corrected chi connectivity index (χ0v) is 7.68. The Kier molecular flexibility index (Phi) is 4.33. The van der Waals surface area contributed by atoms with Gasteiger partial charge in [-0.3, -0.25) is 0 Å². The van der Waals surface area contributed by atoms with E-state index in [9.17, 15) is 0 Å². The van der Waals surface area contributed by atoms with Crippen LogP contribution in [0.5, 0.6) is 0 Å². The van der Waals surface area contributed by atoms with Crippen molar-refractivity contribution in [1.82, 2.24) is 0 Å². The zero-order valence-electron chi connectivity index (χ0n) is 7.68. The predicted molar refractivity (Wildman–Crippen MR) is 44.9 cm³/mol. The third kappa shape index (κ3) is 2.29. The minimum Gasteiger partial charge on any atom is -0.686 e. The molecular formula is C9H12LiN. The molecule has 0 fully saturated rings. The van der Waals surface area contributed by atoms with Crippen molar-refractivity contribution in [2.45, 2.75) is 13.8 Å². The van der Waals surface area contributed by atoms with Crippen molar-refractivity contribution < 1.29 is 18.9 Å². The summed E-state index contributed by atoms with van der Waals surface area (Å²) in [5, 5.41) is 4.17. The molecular weight excluding hydrogens is 129 g/mol. The maximum absolute atomic E-state index is 4.17. The average Bonchev–Trinajstić information content (AvgIpc) is 1.88. The molecule has 0 radical (unpaired) electrons. The third-order valence-electron chi connectivity index (χ3n) is 1.66. The SMILES string of the molecule is C[N-]c1c(C)cccc1C.[Li+]. The Morgan fingerprint density at radius 1 is 1.09 bits per heavy atom. The van der Waals surface area contributed by atoms with Crippen LogP contribution in [0.25, 0.3) is 5.32 Å². The van der Waals surface area contributed by atoms with Crippen molar-refractivity contribution in [3.8, 4) is 0 Å². The molecule has 1 nitrogen and oxygen atoms in total. The second-order valence-electron chi connectivity index (χ2n) is 2.46. The van der Waals surface area contributed by atoms with Gasteiger partial charge >= 0.3 is 18.9 Å². The average molecular weight is 141 g/mol. The molecule has 0 amide bonds. The van der Waals surface area contributed by atoms with E-state index >= 15 is 0 Å². The molecule has 0 saturated carbocycles. The summed E-state index contributed by atoms with van der Waals surface area (Å²) >= 11 is 0. The molecule has 2 heteroatoms. The van der Waals surface area contributed by atoms with Crippen LogP contribution < -0.4 is 18.9 Å². The fraction of sp³-hybridized carbons (Fsp3) is 0.333. The van der Waals surface area contributed by atoms with Gasteiger partial charge in [0.25, 0.3) is 0 Å². The summed E-state index contributed by atoms with van der Waals surface area (Å²) in [6.07, 6.45) is 0. The Balaban J connectivity index is 0.000001000. The van der Waals surface area contributed by atoms with E-state index in [-0.39, 0.29) is 18.9 Å². The molecule has 0 atom stereocenters. The van der Waals surface area contributed by atoms with Gasteiger partial charge in [-0.2, -0.15) is 0 Å². The Hall–Kier alpha value is -0.383. The van der Waals surface area contributed by atoms with Gasteiger partial charge in [0.2, 0.25) is 0 Å². The summed E-state index contributed by atoms with van der Waals surface area (Å²) in [7, 11) is 1.83. The van der Waals surface area contributed by atoms with Crippen LogP contribution in [-0.2, 0) is 0 Å². The van der Waals surface area contributed by atoms with Gasteiger partial charge in [-0.1, -0.05) is 29.3 Å². The normalized spacial score (nSPS) is 8.64. The van der Waals surface area contributed by atoms with Crippen LogP contribution in [0.1, 0.15) is 11.1 Å². The largest absolute Gasteiger partial charge is 1.00 e. The van der Waals surface area contributed by atoms with E-state index in [1.165, 1.54) is 11.1 Å². The van der Waals surface area contributed by atoms with Gasteiger partial charge in [-0.05, 0) is 13.8 Å². The molecule has 0 saturated heterocycles. The summed E-state index contributed by atoms with van der Waals surface area (Å²) < 4.78 is 0. The smallest absolute Gasteiger partial charge is 0.686 e. The maximum Gasteiger partial charge on any atom is 1.00 e. The number of hydrogen-bond acceptors (Lipinski definition) is 0. The molecule has 1 aromatic rings. The van der Waals surface area contributed by atoms with Crippen LogP contribution in [0, 0.1) is 13.8 Å². The molecule has 0 aliphatic carbocycles. The predicted octanol–water partition coefficient (Wildman–Crippen LogP) is -0.0576. The van der Waals surface area contributed by atoms with E-state index in [4.69, 9.17) is 0 Å². The molecule has 54 valence electrons. The summed E-state index contributed by atoms with van der Waals surface area (Å²) in [6.45, 7) is 4.16. The Labute approximate surface area is 80.4 Å². The second kappa shape index (κ2) is 4.49. The zero-order chi connectivity index (χ0) is 7.56. The monoisotopic (exact) mass is 141 g/mol. The quantitative estimate of drug-likeness (QED) is 0.486. The van der Waals surface area contributed by atoms with Crippen LogP contribution in [0.4, 0.5) is 5.69 Å². The Bertz CT molecular complexity index is 213. The minimum absolute atomic E-state index is 0. The first-order valence-electron chi connectivity index (χ1n) is 3.41. The van der Waals surface area contributed by atoms with E-state index in [1.54, 1.807) is 0 Å². The van der Waals surface area contributed by atoms with Gasteiger partial charge in [0.1, 0.15) is 0 Å². The molecule has 0 aliphatic rings. The van der Waals surface area contributed by atoms with Crippen LogP contribution in [-0.4, -0.2) is 7.05 Å². The maximum atomic E-state index is 4.17. The molecule has 0 bridgehead atoms. The van der Waals surface area contributed by atoms with Gasteiger partial charge in [-0.25, -0.2) is 0 Å². The standard InChI is InChI=1S/C9H12N.Li/c1-7-5-4-6-8(2)9(7)10-3;/h4-6H,1-3H3;/q-1;+1. The molecule has 1 aromatic carbocycles. The van der Waals surface area contributed by atoms with Crippen molar-refractivity contribution in [2.24, 2.45) is 0 Å². The molecule has 0 N–H and O–H groups in total. The van der Waals surface area contributed by atoms with Crippen molar-refractivity contribution in [2.75, 3.05) is 7.05 Å². The molecule has 0 aliphatic heterocycles. The minimum atomic E-state index is 0. The number of para-hydroxylation sites is 1. The number of hydrogen-bond donors (Lipinski definition) is 0. The second-order valence-corrected chi connectivity index (χ2v) is 2.46. The Morgan fingerprint density at radius 2 is 1.55 bits per heavy atom. The van der Waals surface area contributed by atoms with Crippen LogP contribution in [0.15, 0.2) is 18.2 Å².